The van der Waals surface area contributed by atoms with Crippen LogP contribution < -0.4 is 0 Å². The van der Waals surface area contributed by atoms with Crippen LogP contribution in [0, 0.1) is 0 Å². The van der Waals surface area contributed by atoms with Crippen LogP contribution in [0.1, 0.15) is 12.6 Å². The van der Waals surface area contributed by atoms with Crippen molar-refractivity contribution in [3.63, 3.8) is 0 Å². The van der Waals surface area contributed by atoms with E-state index in [-0.39, 0.29) is 6.42 Å². The highest BCUT2D eigenvalue weighted by molar-refractivity contribution is 6.31. The zero-order valence-corrected chi connectivity index (χ0v) is 9.53. The summed E-state index contributed by atoms with van der Waals surface area (Å²) in [7, 11) is 0. The van der Waals surface area contributed by atoms with Crippen LogP contribution in [0.5, 0.6) is 0 Å². The highest BCUT2D eigenvalue weighted by Crippen LogP contribution is 2.22. The van der Waals surface area contributed by atoms with E-state index in [1.807, 2.05) is 13.0 Å². The summed E-state index contributed by atoms with van der Waals surface area (Å²) in [5.74, 6) is -0.855. The zero-order valence-electron chi connectivity index (χ0n) is 8.77. The third-order valence-corrected chi connectivity index (χ3v) is 2.66. The molecule has 0 aliphatic heterocycles. The Kier molecular flexibility index (Phi) is 2.83. The number of hydrogen-bond acceptors (Lipinski definition) is 2. The summed E-state index contributed by atoms with van der Waals surface area (Å²) in [5.41, 5.74) is 1.47. The molecule has 0 saturated heterocycles. The summed E-state index contributed by atoms with van der Waals surface area (Å²) in [6.07, 6.45) is -0.0219. The van der Waals surface area contributed by atoms with Gasteiger partial charge in [0, 0.05) is 17.0 Å². The first-order valence-electron chi connectivity index (χ1n) is 4.98. The Morgan fingerprint density at radius 2 is 2.31 bits per heavy atom. The normalized spacial score (nSPS) is 10.9. The van der Waals surface area contributed by atoms with Crippen LogP contribution >= 0.6 is 11.6 Å². The number of nitrogens with zero attached hydrogens (tertiary/aromatic N) is 2. The Balaban J connectivity index is 2.63. The van der Waals surface area contributed by atoms with Gasteiger partial charge in [-0.3, -0.25) is 9.48 Å². The van der Waals surface area contributed by atoms with Crippen molar-refractivity contribution in [2.75, 3.05) is 0 Å². The summed E-state index contributed by atoms with van der Waals surface area (Å²) in [5, 5.41) is 14.6. The van der Waals surface area contributed by atoms with Gasteiger partial charge in [-0.2, -0.15) is 5.10 Å². The van der Waals surface area contributed by atoms with Crippen molar-refractivity contribution in [1.82, 2.24) is 9.78 Å². The van der Waals surface area contributed by atoms with Crippen molar-refractivity contribution in [3.05, 3.63) is 28.9 Å². The summed E-state index contributed by atoms with van der Waals surface area (Å²) < 4.78 is 1.70. The van der Waals surface area contributed by atoms with Crippen molar-refractivity contribution >= 4 is 28.5 Å². The lowest BCUT2D eigenvalue weighted by Gasteiger charge is -2.01. The minimum Gasteiger partial charge on any atom is -0.481 e. The van der Waals surface area contributed by atoms with E-state index in [9.17, 15) is 4.79 Å². The monoisotopic (exact) mass is 238 g/mol. The summed E-state index contributed by atoms with van der Waals surface area (Å²) in [6, 6.07) is 5.31. The second-order valence-electron chi connectivity index (χ2n) is 3.49. The molecule has 0 aliphatic rings. The molecule has 2 aromatic rings. The van der Waals surface area contributed by atoms with E-state index in [1.165, 1.54) is 0 Å². The van der Waals surface area contributed by atoms with Crippen molar-refractivity contribution in [2.24, 2.45) is 0 Å². The molecule has 1 heterocycles. The van der Waals surface area contributed by atoms with Crippen molar-refractivity contribution < 1.29 is 9.90 Å². The molecular formula is C11H11ClN2O2. The lowest BCUT2D eigenvalue weighted by molar-refractivity contribution is -0.136. The van der Waals surface area contributed by atoms with Crippen LogP contribution in [-0.2, 0) is 17.8 Å². The number of rotatable bonds is 3. The molecule has 1 aromatic carbocycles. The molecule has 0 spiro atoms. The SMILES string of the molecule is CCn1nc2cc(Cl)ccc2c1CC(=O)O. The lowest BCUT2D eigenvalue weighted by Crippen LogP contribution is -2.08. The first-order valence-corrected chi connectivity index (χ1v) is 5.36. The van der Waals surface area contributed by atoms with Gasteiger partial charge in [-0.15, -0.1) is 0 Å². The number of aryl methyl sites for hydroxylation is 1. The maximum absolute atomic E-state index is 10.8. The quantitative estimate of drug-likeness (QED) is 0.893. The lowest BCUT2D eigenvalue weighted by atomic mass is 10.1. The molecule has 2 rings (SSSR count). The molecule has 84 valence electrons. The number of hydrogen-bond donors (Lipinski definition) is 1. The molecule has 0 radical (unpaired) electrons. The van der Waals surface area contributed by atoms with E-state index in [2.05, 4.69) is 5.10 Å². The number of carboxylic acid groups (broad SMARTS) is 1. The van der Waals surface area contributed by atoms with Gasteiger partial charge in [0.2, 0.25) is 0 Å². The summed E-state index contributed by atoms with van der Waals surface area (Å²) >= 11 is 5.86. The number of aliphatic carboxylic acids is 1. The van der Waals surface area contributed by atoms with E-state index < -0.39 is 5.97 Å². The van der Waals surface area contributed by atoms with Gasteiger partial charge in [0.1, 0.15) is 0 Å². The van der Waals surface area contributed by atoms with Gasteiger partial charge in [0.05, 0.1) is 17.6 Å². The standard InChI is InChI=1S/C11H11ClN2O2/c1-2-14-10(6-11(15)16)8-4-3-7(12)5-9(8)13-14/h3-5H,2,6H2,1H3,(H,15,16). The molecule has 0 bridgehead atoms. The molecule has 0 fully saturated rings. The number of halogens is 1. The van der Waals surface area contributed by atoms with E-state index in [1.54, 1.807) is 16.8 Å². The Labute approximate surface area is 97.4 Å². The van der Waals surface area contributed by atoms with Crippen LogP contribution in [-0.4, -0.2) is 20.9 Å². The van der Waals surface area contributed by atoms with Crippen molar-refractivity contribution in [3.8, 4) is 0 Å². The number of carboxylic acids is 1. The average Bonchev–Trinajstić information content (AvgIpc) is 2.55. The maximum Gasteiger partial charge on any atom is 0.309 e. The van der Waals surface area contributed by atoms with E-state index in [0.29, 0.717) is 11.6 Å². The summed E-state index contributed by atoms with van der Waals surface area (Å²) in [4.78, 5) is 10.8. The van der Waals surface area contributed by atoms with Gasteiger partial charge in [-0.1, -0.05) is 11.6 Å². The Bertz CT molecular complexity index is 548. The predicted octanol–water partition coefficient (Wildman–Crippen LogP) is 2.34. The second-order valence-corrected chi connectivity index (χ2v) is 3.93. The van der Waals surface area contributed by atoms with Crippen LogP contribution in [0.4, 0.5) is 0 Å². The van der Waals surface area contributed by atoms with Gasteiger partial charge in [0.25, 0.3) is 0 Å². The van der Waals surface area contributed by atoms with Crippen LogP contribution in [0.25, 0.3) is 10.9 Å². The predicted molar refractivity (Wildman–Crippen MR) is 61.8 cm³/mol. The smallest absolute Gasteiger partial charge is 0.309 e. The van der Waals surface area contributed by atoms with Crippen molar-refractivity contribution in [2.45, 2.75) is 19.9 Å². The molecule has 0 aliphatic carbocycles. The number of fused-ring (bicyclic) bond motifs is 1. The average molecular weight is 239 g/mol. The molecule has 0 unspecified atom stereocenters. The topological polar surface area (TPSA) is 55.1 Å². The second kappa shape index (κ2) is 4.14. The van der Waals surface area contributed by atoms with Crippen molar-refractivity contribution in [1.29, 1.82) is 0 Å². The minimum atomic E-state index is -0.855. The first kappa shape index (κ1) is 11.0. The van der Waals surface area contributed by atoms with E-state index in [0.717, 1.165) is 16.6 Å². The van der Waals surface area contributed by atoms with Gasteiger partial charge in [-0.05, 0) is 25.1 Å². The van der Waals surface area contributed by atoms with Gasteiger partial charge < -0.3 is 5.11 Å². The molecule has 5 heteroatoms. The molecule has 1 aromatic heterocycles. The Morgan fingerprint density at radius 1 is 1.56 bits per heavy atom. The highest BCUT2D eigenvalue weighted by atomic mass is 35.5. The first-order chi connectivity index (χ1) is 7.61. The van der Waals surface area contributed by atoms with Gasteiger partial charge in [-0.25, -0.2) is 0 Å². The number of carbonyl (C=O) groups is 1. The molecule has 16 heavy (non-hydrogen) atoms. The molecule has 4 nitrogen and oxygen atoms in total. The van der Waals surface area contributed by atoms with Crippen LogP contribution in [0.3, 0.4) is 0 Å². The van der Waals surface area contributed by atoms with E-state index >= 15 is 0 Å². The molecule has 0 amide bonds. The van der Waals surface area contributed by atoms with Crippen LogP contribution in [0.15, 0.2) is 18.2 Å². The fraction of sp³-hybridized carbons (Fsp3) is 0.273. The Morgan fingerprint density at radius 3 is 2.94 bits per heavy atom. The largest absolute Gasteiger partial charge is 0.481 e. The molecular weight excluding hydrogens is 228 g/mol. The maximum atomic E-state index is 10.8. The highest BCUT2D eigenvalue weighted by Gasteiger charge is 2.13. The third-order valence-electron chi connectivity index (χ3n) is 2.43. The Hall–Kier alpha value is -1.55. The van der Waals surface area contributed by atoms with Gasteiger partial charge in [0.15, 0.2) is 0 Å². The number of benzene rings is 1. The zero-order chi connectivity index (χ0) is 11.7. The third kappa shape index (κ3) is 1.88. The molecule has 0 saturated carbocycles. The van der Waals surface area contributed by atoms with Crippen LogP contribution in [0.2, 0.25) is 5.02 Å². The fourth-order valence-electron chi connectivity index (χ4n) is 1.75. The number of aromatic nitrogens is 2. The van der Waals surface area contributed by atoms with E-state index in [4.69, 9.17) is 16.7 Å². The fourth-order valence-corrected chi connectivity index (χ4v) is 1.92. The molecule has 0 atom stereocenters. The molecule has 1 N–H and O–H groups in total. The minimum absolute atomic E-state index is 0.0219. The summed E-state index contributed by atoms with van der Waals surface area (Å²) in [6.45, 7) is 2.58. The van der Waals surface area contributed by atoms with Gasteiger partial charge >= 0.3 is 5.97 Å².